The number of nitrogens with one attached hydrogen (secondary N) is 2. The number of amides is 1. The van der Waals surface area contributed by atoms with E-state index in [1.54, 1.807) is 24.3 Å². The fourth-order valence-corrected chi connectivity index (χ4v) is 2.29. The summed E-state index contributed by atoms with van der Waals surface area (Å²) in [6.07, 6.45) is 0. The van der Waals surface area contributed by atoms with E-state index in [1.807, 2.05) is 29.7 Å². The first-order chi connectivity index (χ1) is 13.4. The van der Waals surface area contributed by atoms with Gasteiger partial charge in [0.1, 0.15) is 18.1 Å². The highest BCUT2D eigenvalue weighted by molar-refractivity contribution is 5.86. The van der Waals surface area contributed by atoms with E-state index in [4.69, 9.17) is 26.2 Å². The largest absolute Gasteiger partial charge is 0.492 e. The van der Waals surface area contributed by atoms with Gasteiger partial charge in [0.05, 0.1) is 6.54 Å². The Labute approximate surface area is 161 Å². The number of hydrazine groups is 1. The van der Waals surface area contributed by atoms with Crippen LogP contribution in [0.15, 0.2) is 60.1 Å². The maximum absolute atomic E-state index is 11.0. The number of aliphatic carboxylic acids is 1. The third kappa shape index (κ3) is 5.92. The maximum Gasteiger partial charge on any atom is 0.358 e. The van der Waals surface area contributed by atoms with Gasteiger partial charge in [0, 0.05) is 6.92 Å². The molecule has 0 fully saturated rings. The van der Waals surface area contributed by atoms with Crippen LogP contribution in [0, 0.1) is 0 Å². The lowest BCUT2D eigenvalue weighted by molar-refractivity contribution is -0.133. The number of hydrogen-bond donors (Lipinski definition) is 5. The third-order valence-electron chi connectivity index (χ3n) is 3.60. The van der Waals surface area contributed by atoms with Gasteiger partial charge in [-0.3, -0.25) is 10.6 Å². The standard InChI is InChI=1S/C19H22N4O5/c1-12(24)22-9-10-27-16-4-2-3-14(11-16)13-5-7-15(8-6-13)28-18(20)17(23-21)19(25)26/h2-8,11,23H,9-10,20-21H2,1H3,(H,22,24)(H,25,26)/b18-17+. The molecule has 1 amide bonds. The molecule has 148 valence electrons. The minimum atomic E-state index is -1.33. The molecule has 0 aliphatic carbocycles. The molecule has 0 aromatic heterocycles. The Kier molecular flexibility index (Phi) is 7.23. The summed E-state index contributed by atoms with van der Waals surface area (Å²) in [6.45, 7) is 2.24. The van der Waals surface area contributed by atoms with E-state index in [0.29, 0.717) is 24.7 Å². The van der Waals surface area contributed by atoms with Gasteiger partial charge >= 0.3 is 5.97 Å². The maximum atomic E-state index is 11.0. The van der Waals surface area contributed by atoms with E-state index in [0.717, 1.165) is 11.1 Å². The molecule has 7 N–H and O–H groups in total. The zero-order valence-electron chi connectivity index (χ0n) is 15.3. The number of rotatable bonds is 9. The van der Waals surface area contributed by atoms with Crippen molar-refractivity contribution in [2.75, 3.05) is 13.2 Å². The van der Waals surface area contributed by atoms with Crippen LogP contribution in [0.1, 0.15) is 6.92 Å². The monoisotopic (exact) mass is 386 g/mol. The molecular formula is C19H22N4O5. The van der Waals surface area contributed by atoms with E-state index in [2.05, 4.69) is 5.32 Å². The lowest BCUT2D eigenvalue weighted by atomic mass is 10.1. The summed E-state index contributed by atoms with van der Waals surface area (Å²) < 4.78 is 10.9. The van der Waals surface area contributed by atoms with Gasteiger partial charge in [-0.15, -0.1) is 0 Å². The minimum Gasteiger partial charge on any atom is -0.492 e. The first kappa shape index (κ1) is 20.6. The highest BCUT2D eigenvalue weighted by Crippen LogP contribution is 2.26. The second-order valence-electron chi connectivity index (χ2n) is 5.67. The summed E-state index contributed by atoms with van der Waals surface area (Å²) in [5.41, 5.74) is 8.97. The van der Waals surface area contributed by atoms with Gasteiger partial charge in [-0.2, -0.15) is 0 Å². The van der Waals surface area contributed by atoms with E-state index < -0.39 is 11.7 Å². The normalized spacial score (nSPS) is 11.2. The summed E-state index contributed by atoms with van der Waals surface area (Å²) >= 11 is 0. The Morgan fingerprint density at radius 3 is 2.39 bits per heavy atom. The molecule has 0 bridgehead atoms. The summed E-state index contributed by atoms with van der Waals surface area (Å²) in [6, 6.07) is 14.4. The molecule has 0 saturated heterocycles. The Hall–Kier alpha value is -3.72. The van der Waals surface area contributed by atoms with Crippen molar-refractivity contribution < 1.29 is 24.2 Å². The zero-order valence-corrected chi connectivity index (χ0v) is 15.3. The van der Waals surface area contributed by atoms with Gasteiger partial charge in [0.2, 0.25) is 11.8 Å². The first-order valence-corrected chi connectivity index (χ1v) is 8.36. The Bertz CT molecular complexity index is 865. The summed E-state index contributed by atoms with van der Waals surface area (Å²) in [4.78, 5) is 21.8. The number of hydrogen-bond acceptors (Lipinski definition) is 7. The molecular weight excluding hydrogens is 364 g/mol. The molecule has 0 saturated carbocycles. The van der Waals surface area contributed by atoms with Crippen LogP contribution in [-0.2, 0) is 9.59 Å². The van der Waals surface area contributed by atoms with Crippen molar-refractivity contribution in [3.63, 3.8) is 0 Å². The molecule has 0 aliphatic rings. The van der Waals surface area contributed by atoms with Gasteiger partial charge in [0.15, 0.2) is 5.70 Å². The number of benzene rings is 2. The molecule has 2 aromatic carbocycles. The Morgan fingerprint density at radius 2 is 1.79 bits per heavy atom. The predicted octanol–water partition coefficient (Wildman–Crippen LogP) is 0.923. The molecule has 0 spiro atoms. The summed E-state index contributed by atoms with van der Waals surface area (Å²) in [7, 11) is 0. The van der Waals surface area contributed by atoms with E-state index >= 15 is 0 Å². The fourth-order valence-electron chi connectivity index (χ4n) is 2.29. The van der Waals surface area contributed by atoms with Crippen molar-refractivity contribution in [2.24, 2.45) is 11.6 Å². The molecule has 0 heterocycles. The number of carbonyl (C=O) groups excluding carboxylic acids is 1. The van der Waals surface area contributed by atoms with Crippen molar-refractivity contribution in [1.82, 2.24) is 10.7 Å². The average molecular weight is 386 g/mol. The number of carboxylic acids is 1. The molecule has 28 heavy (non-hydrogen) atoms. The van der Waals surface area contributed by atoms with Crippen molar-refractivity contribution in [3.8, 4) is 22.6 Å². The number of ether oxygens (including phenoxy) is 2. The van der Waals surface area contributed by atoms with Gasteiger partial charge in [-0.1, -0.05) is 24.3 Å². The number of carboxylic acid groups (broad SMARTS) is 1. The SMILES string of the molecule is CC(=O)NCCOc1cccc(-c2ccc(O/C(N)=C(/NN)C(=O)O)cc2)c1. The van der Waals surface area contributed by atoms with Crippen LogP contribution in [0.5, 0.6) is 11.5 Å². The third-order valence-corrected chi connectivity index (χ3v) is 3.60. The molecule has 2 rings (SSSR count). The molecule has 0 aliphatic heterocycles. The average Bonchev–Trinajstić information content (AvgIpc) is 2.66. The van der Waals surface area contributed by atoms with Crippen LogP contribution in [-0.4, -0.2) is 30.1 Å². The first-order valence-electron chi connectivity index (χ1n) is 8.36. The van der Waals surface area contributed by atoms with Gasteiger partial charge < -0.3 is 31.1 Å². The highest BCUT2D eigenvalue weighted by Gasteiger charge is 2.13. The van der Waals surface area contributed by atoms with E-state index in [-0.39, 0.29) is 11.8 Å². The van der Waals surface area contributed by atoms with Crippen LogP contribution < -0.4 is 31.8 Å². The quantitative estimate of drug-likeness (QED) is 0.140. The van der Waals surface area contributed by atoms with Crippen molar-refractivity contribution in [1.29, 1.82) is 0 Å². The van der Waals surface area contributed by atoms with E-state index in [9.17, 15) is 9.59 Å². The van der Waals surface area contributed by atoms with Gasteiger partial charge in [-0.25, -0.2) is 4.79 Å². The van der Waals surface area contributed by atoms with Crippen molar-refractivity contribution >= 4 is 11.9 Å². The van der Waals surface area contributed by atoms with Gasteiger partial charge in [-0.05, 0) is 35.4 Å². The zero-order chi connectivity index (χ0) is 20.5. The molecule has 0 unspecified atom stereocenters. The topological polar surface area (TPSA) is 149 Å². The highest BCUT2D eigenvalue weighted by atomic mass is 16.5. The Morgan fingerprint density at radius 1 is 1.07 bits per heavy atom. The second kappa shape index (κ2) is 9.83. The summed E-state index contributed by atoms with van der Waals surface area (Å²) in [5.74, 6) is 4.37. The fraction of sp³-hybridized carbons (Fsp3) is 0.158. The van der Waals surface area contributed by atoms with Crippen molar-refractivity contribution in [3.05, 3.63) is 60.1 Å². The molecule has 9 nitrogen and oxygen atoms in total. The number of nitrogens with two attached hydrogens (primary N) is 2. The van der Waals surface area contributed by atoms with Crippen LogP contribution in [0.25, 0.3) is 11.1 Å². The predicted molar refractivity (Wildman–Crippen MR) is 103 cm³/mol. The van der Waals surface area contributed by atoms with Crippen LogP contribution >= 0.6 is 0 Å². The Balaban J connectivity index is 2.06. The molecule has 0 radical (unpaired) electrons. The van der Waals surface area contributed by atoms with E-state index in [1.165, 1.54) is 6.92 Å². The molecule has 2 aromatic rings. The lowest BCUT2D eigenvalue weighted by Crippen LogP contribution is -2.31. The minimum absolute atomic E-state index is 0.104. The summed E-state index contributed by atoms with van der Waals surface area (Å²) in [5, 5.41) is 11.6. The lowest BCUT2D eigenvalue weighted by Gasteiger charge is -2.11. The molecule has 9 heteroatoms. The molecule has 0 atom stereocenters. The van der Waals surface area contributed by atoms with Crippen LogP contribution in [0.3, 0.4) is 0 Å². The van der Waals surface area contributed by atoms with Crippen LogP contribution in [0.2, 0.25) is 0 Å². The van der Waals surface area contributed by atoms with Crippen molar-refractivity contribution in [2.45, 2.75) is 6.92 Å². The number of carbonyl (C=O) groups is 2. The smallest absolute Gasteiger partial charge is 0.358 e. The van der Waals surface area contributed by atoms with Crippen LogP contribution in [0.4, 0.5) is 0 Å². The second-order valence-corrected chi connectivity index (χ2v) is 5.67. The van der Waals surface area contributed by atoms with Gasteiger partial charge in [0.25, 0.3) is 0 Å².